The molecule has 1 amide bonds. The van der Waals surface area contributed by atoms with Crippen molar-refractivity contribution >= 4 is 23.2 Å². The average molecular weight is 366 g/mol. The maximum absolute atomic E-state index is 12.3. The molecule has 6 nitrogen and oxygen atoms in total. The summed E-state index contributed by atoms with van der Waals surface area (Å²) in [6.45, 7) is 2.84. The molecule has 1 saturated carbocycles. The first-order chi connectivity index (χ1) is 12.0. The van der Waals surface area contributed by atoms with Gasteiger partial charge in [0.2, 0.25) is 0 Å². The summed E-state index contributed by atoms with van der Waals surface area (Å²) in [4.78, 5) is 25.2. The second kappa shape index (κ2) is 8.15. The number of nitro benzene ring substituents is 1. The first-order valence-corrected chi connectivity index (χ1v) is 9.38. The van der Waals surface area contributed by atoms with E-state index in [0.717, 1.165) is 32.0 Å². The van der Waals surface area contributed by atoms with E-state index in [2.05, 4.69) is 10.2 Å². The van der Waals surface area contributed by atoms with Crippen LogP contribution < -0.4 is 5.32 Å². The van der Waals surface area contributed by atoms with Crippen molar-refractivity contribution in [3.05, 3.63) is 38.9 Å². The number of likely N-dealkylation sites (tertiary alicyclic amines) is 1. The second-order valence-corrected chi connectivity index (χ2v) is 7.46. The minimum atomic E-state index is -0.572. The van der Waals surface area contributed by atoms with Crippen LogP contribution >= 0.6 is 11.6 Å². The van der Waals surface area contributed by atoms with Crippen molar-refractivity contribution in [2.75, 3.05) is 19.6 Å². The third-order valence-electron chi connectivity index (χ3n) is 5.45. The third-order valence-corrected chi connectivity index (χ3v) is 5.77. The number of rotatable bonds is 5. The van der Waals surface area contributed by atoms with Crippen molar-refractivity contribution in [3.8, 4) is 0 Å². The van der Waals surface area contributed by atoms with Crippen LogP contribution in [0.2, 0.25) is 5.02 Å². The summed E-state index contributed by atoms with van der Waals surface area (Å²) >= 11 is 5.78. The zero-order valence-corrected chi connectivity index (χ0v) is 15.0. The Balaban J connectivity index is 1.48. The van der Waals surface area contributed by atoms with Crippen LogP contribution in [0.15, 0.2) is 18.2 Å². The maximum atomic E-state index is 12.3. The Hall–Kier alpha value is -1.66. The molecule has 7 heteroatoms. The van der Waals surface area contributed by atoms with Gasteiger partial charge >= 0.3 is 0 Å². The van der Waals surface area contributed by atoms with E-state index in [9.17, 15) is 14.9 Å². The highest BCUT2D eigenvalue weighted by molar-refractivity contribution is 6.32. The predicted octanol–water partition coefficient (Wildman–Crippen LogP) is 3.63. The van der Waals surface area contributed by atoms with E-state index in [1.54, 1.807) is 0 Å². The van der Waals surface area contributed by atoms with E-state index in [1.165, 1.54) is 43.9 Å². The monoisotopic (exact) mass is 365 g/mol. The van der Waals surface area contributed by atoms with Gasteiger partial charge < -0.3 is 10.2 Å². The number of carbonyl (C=O) groups is 1. The second-order valence-electron chi connectivity index (χ2n) is 7.05. The molecule has 1 aromatic rings. The summed E-state index contributed by atoms with van der Waals surface area (Å²) in [7, 11) is 0. The van der Waals surface area contributed by atoms with Crippen LogP contribution in [0, 0.1) is 16.0 Å². The van der Waals surface area contributed by atoms with Crippen LogP contribution in [0.3, 0.4) is 0 Å². The SMILES string of the molecule is O=C(NCC1CCN(C2CCCC2)CC1)c1ccc(Cl)c([N+](=O)[O-])c1. The summed E-state index contributed by atoms with van der Waals surface area (Å²) in [6, 6.07) is 4.92. The van der Waals surface area contributed by atoms with Gasteiger partial charge in [-0.25, -0.2) is 0 Å². The summed E-state index contributed by atoms with van der Waals surface area (Å²) in [5.41, 5.74) is 0.0404. The Morgan fingerprint density at radius 3 is 2.56 bits per heavy atom. The normalized spacial score (nSPS) is 19.9. The molecule has 0 atom stereocenters. The molecule has 0 radical (unpaired) electrons. The van der Waals surface area contributed by atoms with Crippen molar-refractivity contribution in [2.24, 2.45) is 5.92 Å². The van der Waals surface area contributed by atoms with Gasteiger partial charge in [-0.2, -0.15) is 0 Å². The smallest absolute Gasteiger partial charge is 0.288 e. The number of piperidine rings is 1. The van der Waals surface area contributed by atoms with Gasteiger partial charge in [0, 0.05) is 24.2 Å². The molecule has 136 valence electrons. The van der Waals surface area contributed by atoms with Crippen LogP contribution in [0.25, 0.3) is 0 Å². The highest BCUT2D eigenvalue weighted by Gasteiger charge is 2.27. The fourth-order valence-electron chi connectivity index (χ4n) is 3.92. The van der Waals surface area contributed by atoms with Crippen molar-refractivity contribution in [1.82, 2.24) is 10.2 Å². The van der Waals surface area contributed by atoms with E-state index < -0.39 is 4.92 Å². The van der Waals surface area contributed by atoms with Crippen LogP contribution in [0.4, 0.5) is 5.69 Å². The van der Waals surface area contributed by atoms with Crippen LogP contribution in [0.5, 0.6) is 0 Å². The molecule has 1 aliphatic carbocycles. The Morgan fingerprint density at radius 1 is 1.24 bits per heavy atom. The summed E-state index contributed by atoms with van der Waals surface area (Å²) < 4.78 is 0. The number of hydrogen-bond donors (Lipinski definition) is 1. The summed E-state index contributed by atoms with van der Waals surface area (Å²) in [6.07, 6.45) is 7.56. The molecule has 0 bridgehead atoms. The fourth-order valence-corrected chi connectivity index (χ4v) is 4.11. The minimum absolute atomic E-state index is 0.0424. The van der Waals surface area contributed by atoms with Gasteiger partial charge in [0.1, 0.15) is 5.02 Å². The van der Waals surface area contributed by atoms with Crippen LogP contribution in [-0.2, 0) is 0 Å². The predicted molar refractivity (Wildman–Crippen MR) is 97.0 cm³/mol. The molecule has 1 heterocycles. The van der Waals surface area contributed by atoms with E-state index in [1.807, 2.05) is 0 Å². The number of nitro groups is 1. The number of amides is 1. The highest BCUT2D eigenvalue weighted by Crippen LogP contribution is 2.28. The lowest BCUT2D eigenvalue weighted by atomic mass is 9.95. The molecular formula is C18H24ClN3O3. The Bertz CT molecular complexity index is 638. The lowest BCUT2D eigenvalue weighted by Gasteiger charge is -2.36. The number of nitrogens with one attached hydrogen (secondary N) is 1. The van der Waals surface area contributed by atoms with Gasteiger partial charge in [0.25, 0.3) is 11.6 Å². The van der Waals surface area contributed by atoms with Gasteiger partial charge in [-0.15, -0.1) is 0 Å². The Morgan fingerprint density at radius 2 is 1.92 bits per heavy atom. The molecule has 0 unspecified atom stereocenters. The molecule has 0 spiro atoms. The Kier molecular flexibility index (Phi) is 5.91. The molecular weight excluding hydrogens is 342 g/mol. The summed E-state index contributed by atoms with van der Waals surface area (Å²) in [5, 5.41) is 13.9. The zero-order chi connectivity index (χ0) is 17.8. The quantitative estimate of drug-likeness (QED) is 0.638. The standard InChI is InChI=1S/C18H24ClN3O3/c19-16-6-5-14(11-17(16)22(24)25)18(23)20-12-13-7-9-21(10-8-13)15-3-1-2-4-15/h5-6,11,13,15H,1-4,7-10,12H2,(H,20,23). The lowest BCUT2D eigenvalue weighted by Crippen LogP contribution is -2.42. The van der Waals surface area contributed by atoms with Crippen molar-refractivity contribution in [2.45, 2.75) is 44.6 Å². The number of nitrogens with zero attached hydrogens (tertiary/aromatic N) is 2. The Labute approximate surface area is 152 Å². The molecule has 1 N–H and O–H groups in total. The molecule has 1 saturated heterocycles. The number of carbonyl (C=O) groups excluding carboxylic acids is 1. The van der Waals surface area contributed by atoms with Gasteiger partial charge in [-0.1, -0.05) is 24.4 Å². The topological polar surface area (TPSA) is 75.5 Å². The van der Waals surface area contributed by atoms with Gasteiger partial charge in [0.05, 0.1) is 4.92 Å². The van der Waals surface area contributed by atoms with E-state index in [4.69, 9.17) is 11.6 Å². The average Bonchev–Trinajstić information content (AvgIpc) is 3.15. The lowest BCUT2D eigenvalue weighted by molar-refractivity contribution is -0.384. The number of hydrogen-bond acceptors (Lipinski definition) is 4. The van der Waals surface area contributed by atoms with E-state index in [-0.39, 0.29) is 22.2 Å². The zero-order valence-electron chi connectivity index (χ0n) is 14.2. The number of halogens is 1. The maximum Gasteiger partial charge on any atom is 0.288 e. The van der Waals surface area contributed by atoms with Crippen LogP contribution in [0.1, 0.15) is 48.9 Å². The summed E-state index contributed by atoms with van der Waals surface area (Å²) in [5.74, 6) is 0.196. The van der Waals surface area contributed by atoms with Gasteiger partial charge in [-0.05, 0) is 56.8 Å². The van der Waals surface area contributed by atoms with E-state index >= 15 is 0 Å². The third kappa shape index (κ3) is 4.50. The molecule has 1 aromatic carbocycles. The largest absolute Gasteiger partial charge is 0.352 e. The molecule has 25 heavy (non-hydrogen) atoms. The first kappa shape index (κ1) is 18.1. The molecule has 3 rings (SSSR count). The van der Waals surface area contributed by atoms with Crippen molar-refractivity contribution in [3.63, 3.8) is 0 Å². The minimum Gasteiger partial charge on any atom is -0.352 e. The fraction of sp³-hybridized carbons (Fsp3) is 0.611. The van der Waals surface area contributed by atoms with Crippen molar-refractivity contribution in [1.29, 1.82) is 0 Å². The number of benzene rings is 1. The van der Waals surface area contributed by atoms with Gasteiger partial charge in [-0.3, -0.25) is 14.9 Å². The molecule has 0 aromatic heterocycles. The molecule has 1 aliphatic heterocycles. The highest BCUT2D eigenvalue weighted by atomic mass is 35.5. The van der Waals surface area contributed by atoms with Gasteiger partial charge in [0.15, 0.2) is 0 Å². The van der Waals surface area contributed by atoms with Crippen LogP contribution in [-0.4, -0.2) is 41.4 Å². The molecule has 2 fully saturated rings. The van der Waals surface area contributed by atoms with Crippen molar-refractivity contribution < 1.29 is 9.72 Å². The van der Waals surface area contributed by atoms with E-state index in [0.29, 0.717) is 12.5 Å². The molecule has 2 aliphatic rings. The first-order valence-electron chi connectivity index (χ1n) is 9.01.